The Hall–Kier alpha value is -4.39. The second-order valence-corrected chi connectivity index (χ2v) is 12.0. The summed E-state index contributed by atoms with van der Waals surface area (Å²) < 4.78 is 87.0. The van der Waals surface area contributed by atoms with Crippen LogP contribution in [-0.4, -0.2) is 35.6 Å². The van der Waals surface area contributed by atoms with Crippen molar-refractivity contribution in [2.24, 2.45) is 17.8 Å². The van der Waals surface area contributed by atoms with Gasteiger partial charge in [-0.05, 0) is 67.7 Å². The van der Waals surface area contributed by atoms with Gasteiger partial charge in [0.2, 0.25) is 11.8 Å². The molecular formula is C32H22ClF6NO6. The molecule has 4 aliphatic rings. The second kappa shape index (κ2) is 10.6. The van der Waals surface area contributed by atoms with E-state index in [0.717, 1.165) is 0 Å². The van der Waals surface area contributed by atoms with Crippen molar-refractivity contribution in [1.82, 2.24) is 0 Å². The van der Waals surface area contributed by atoms with E-state index in [9.17, 15) is 50.6 Å². The van der Waals surface area contributed by atoms with E-state index in [-0.39, 0.29) is 52.1 Å². The topological polar surface area (TPSA) is 101 Å². The number of anilines is 1. The number of fused-ring (bicyclic) bond motifs is 3. The lowest BCUT2D eigenvalue weighted by molar-refractivity contribution is -0.143. The average Bonchev–Trinajstić information content (AvgIpc) is 3.24. The number of halogens is 7. The molecule has 240 valence electrons. The molecule has 2 aromatic rings. The molecule has 1 N–H and O–H groups in total. The summed E-state index contributed by atoms with van der Waals surface area (Å²) >= 11 is 6.27. The molecule has 46 heavy (non-hydrogen) atoms. The Labute approximate surface area is 261 Å². The Morgan fingerprint density at radius 1 is 0.913 bits per heavy atom. The number of carbonyl (C=O) groups excluding carboxylic acids is 4. The standard InChI is InChI=1S/C32H22ClF6NO6/c1-12-5-22(41)26-20(27(12)42)11-19-17(24(26)13-6-21(33)28(43)23(7-13)46-2)3-4-18-25(19)30(45)40(29(18)44)16-9-14(31(34,35)36)8-15(10-16)32(37,38)39/h3,5-10,18-19,24-25,43H,4,11H2,1-2H3. The Morgan fingerprint density at radius 3 is 2.13 bits per heavy atom. The Morgan fingerprint density at radius 2 is 1.54 bits per heavy atom. The van der Waals surface area contributed by atoms with Gasteiger partial charge in [0.05, 0.1) is 40.8 Å². The molecule has 1 aliphatic heterocycles. The minimum Gasteiger partial charge on any atom is -0.503 e. The minimum atomic E-state index is -5.21. The third-order valence-corrected chi connectivity index (χ3v) is 9.28. The first-order valence-corrected chi connectivity index (χ1v) is 14.3. The third kappa shape index (κ3) is 4.83. The zero-order valence-electron chi connectivity index (χ0n) is 23.8. The summed E-state index contributed by atoms with van der Waals surface area (Å²) in [4.78, 5) is 54.8. The van der Waals surface area contributed by atoms with Crippen molar-refractivity contribution in [3.05, 3.63) is 86.5 Å². The molecule has 2 amide bonds. The van der Waals surface area contributed by atoms with Gasteiger partial charge in [-0.15, -0.1) is 0 Å². The van der Waals surface area contributed by atoms with Crippen LogP contribution in [0, 0.1) is 17.8 Å². The Bertz CT molecular complexity index is 1820. The molecule has 0 bridgehead atoms. The van der Waals surface area contributed by atoms with Gasteiger partial charge in [0, 0.05) is 22.6 Å². The predicted molar refractivity (Wildman–Crippen MR) is 150 cm³/mol. The molecule has 0 aromatic heterocycles. The zero-order valence-corrected chi connectivity index (χ0v) is 24.6. The molecule has 6 rings (SSSR count). The highest BCUT2D eigenvalue weighted by atomic mass is 35.5. The van der Waals surface area contributed by atoms with Gasteiger partial charge in [-0.1, -0.05) is 23.3 Å². The van der Waals surface area contributed by atoms with Crippen LogP contribution in [0.5, 0.6) is 11.5 Å². The number of rotatable bonds is 3. The minimum absolute atomic E-state index is 0.0503. The summed E-state index contributed by atoms with van der Waals surface area (Å²) in [5, 5.41) is 10.2. The third-order valence-electron chi connectivity index (χ3n) is 9.00. The number of ketones is 2. The zero-order chi connectivity index (χ0) is 33.6. The fourth-order valence-electron chi connectivity index (χ4n) is 7.00. The molecule has 1 fully saturated rings. The molecule has 0 radical (unpaired) electrons. The van der Waals surface area contributed by atoms with Crippen LogP contribution < -0.4 is 9.64 Å². The molecular weight excluding hydrogens is 644 g/mol. The number of benzene rings is 2. The van der Waals surface area contributed by atoms with E-state index in [1.165, 1.54) is 32.2 Å². The largest absolute Gasteiger partial charge is 0.503 e. The first-order chi connectivity index (χ1) is 21.4. The first-order valence-electron chi connectivity index (χ1n) is 13.9. The van der Waals surface area contributed by atoms with Gasteiger partial charge in [-0.25, -0.2) is 4.90 Å². The van der Waals surface area contributed by atoms with Crippen molar-refractivity contribution < 1.29 is 55.4 Å². The maximum atomic E-state index is 14.0. The monoisotopic (exact) mass is 665 g/mol. The Kier molecular flexibility index (Phi) is 7.26. The van der Waals surface area contributed by atoms with Crippen LogP contribution >= 0.6 is 11.6 Å². The molecule has 1 saturated heterocycles. The lowest BCUT2D eigenvalue weighted by Gasteiger charge is -2.42. The average molecular weight is 666 g/mol. The lowest BCUT2D eigenvalue weighted by atomic mass is 9.59. The van der Waals surface area contributed by atoms with Crippen LogP contribution in [0.3, 0.4) is 0 Å². The van der Waals surface area contributed by atoms with Crippen LogP contribution in [0.15, 0.2) is 64.8 Å². The number of ether oxygens (including phenoxy) is 1. The van der Waals surface area contributed by atoms with Crippen LogP contribution in [-0.2, 0) is 31.5 Å². The van der Waals surface area contributed by atoms with Crippen molar-refractivity contribution >= 4 is 40.7 Å². The maximum absolute atomic E-state index is 14.0. The van der Waals surface area contributed by atoms with Gasteiger partial charge in [0.15, 0.2) is 23.1 Å². The highest BCUT2D eigenvalue weighted by Gasteiger charge is 2.57. The number of amides is 2. The van der Waals surface area contributed by atoms with Crippen LogP contribution in [0.2, 0.25) is 5.02 Å². The van der Waals surface area contributed by atoms with Crippen molar-refractivity contribution in [3.8, 4) is 11.5 Å². The molecule has 2 aromatic carbocycles. The van der Waals surface area contributed by atoms with Crippen molar-refractivity contribution in [3.63, 3.8) is 0 Å². The molecule has 0 saturated carbocycles. The van der Waals surface area contributed by atoms with Crippen molar-refractivity contribution in [1.29, 1.82) is 0 Å². The van der Waals surface area contributed by atoms with Crippen molar-refractivity contribution in [2.45, 2.75) is 38.0 Å². The number of hydrogen-bond donors (Lipinski definition) is 1. The molecule has 0 spiro atoms. The van der Waals surface area contributed by atoms with Crippen LogP contribution in [0.1, 0.15) is 42.4 Å². The summed E-state index contributed by atoms with van der Waals surface area (Å²) in [5.74, 6) is -7.77. The van der Waals surface area contributed by atoms with Gasteiger partial charge in [0.1, 0.15) is 0 Å². The summed E-state index contributed by atoms with van der Waals surface area (Å²) in [6.07, 6.45) is -7.94. The van der Waals surface area contributed by atoms with Crippen LogP contribution in [0.25, 0.3) is 0 Å². The van der Waals surface area contributed by atoms with E-state index in [0.29, 0.717) is 28.2 Å². The summed E-state index contributed by atoms with van der Waals surface area (Å²) in [6, 6.07) is 3.32. The van der Waals surface area contributed by atoms with Crippen LogP contribution in [0.4, 0.5) is 32.0 Å². The number of Topliss-reactive ketones (excluding diaryl/α,β-unsaturated/α-hetero) is 1. The highest BCUT2D eigenvalue weighted by molar-refractivity contribution is 6.32. The predicted octanol–water partition coefficient (Wildman–Crippen LogP) is 6.73. The van der Waals surface area contributed by atoms with Gasteiger partial charge < -0.3 is 9.84 Å². The molecule has 4 unspecified atom stereocenters. The van der Waals surface area contributed by atoms with E-state index < -0.39 is 76.2 Å². The number of hydrogen-bond acceptors (Lipinski definition) is 6. The number of aromatic hydroxyl groups is 1. The number of carbonyl (C=O) groups is 4. The molecule has 1 heterocycles. The Balaban J connectivity index is 1.50. The SMILES string of the molecule is COc1cc(C2C3=CCC4C(=O)N(c5cc(C(F)(F)F)cc(C(F)(F)F)c5)C(=O)C4C3CC3=C2C(=O)C=C(C)C3=O)cc(Cl)c1O. The first kappa shape index (κ1) is 31.6. The number of nitrogens with zero attached hydrogens (tertiary/aromatic N) is 1. The van der Waals surface area contributed by atoms with E-state index >= 15 is 0 Å². The van der Waals surface area contributed by atoms with E-state index in [1.54, 1.807) is 6.08 Å². The van der Waals surface area contributed by atoms with Gasteiger partial charge in [-0.3, -0.25) is 19.2 Å². The van der Waals surface area contributed by atoms with Gasteiger partial charge in [0.25, 0.3) is 0 Å². The van der Waals surface area contributed by atoms with Gasteiger partial charge >= 0.3 is 12.4 Å². The maximum Gasteiger partial charge on any atom is 0.416 e. The molecule has 4 atom stereocenters. The number of imide groups is 1. The van der Waals surface area contributed by atoms with E-state index in [2.05, 4.69) is 0 Å². The van der Waals surface area contributed by atoms with E-state index in [4.69, 9.17) is 16.3 Å². The number of allylic oxidation sites excluding steroid dienone is 6. The lowest BCUT2D eigenvalue weighted by Crippen LogP contribution is -2.39. The fraction of sp³-hybridized carbons (Fsp3) is 0.312. The number of phenolic OH excluding ortho intramolecular Hbond substituents is 1. The summed E-state index contributed by atoms with van der Waals surface area (Å²) in [6.45, 7) is 1.44. The second-order valence-electron chi connectivity index (χ2n) is 11.6. The quantitative estimate of drug-likeness (QED) is 0.169. The number of phenols is 1. The summed E-state index contributed by atoms with van der Waals surface area (Å²) in [7, 11) is 1.27. The fourth-order valence-corrected chi connectivity index (χ4v) is 7.22. The molecule has 14 heteroatoms. The number of alkyl halides is 6. The molecule has 3 aliphatic carbocycles. The van der Waals surface area contributed by atoms with Gasteiger partial charge in [-0.2, -0.15) is 26.3 Å². The van der Waals surface area contributed by atoms with Crippen molar-refractivity contribution in [2.75, 3.05) is 12.0 Å². The smallest absolute Gasteiger partial charge is 0.416 e. The summed E-state index contributed by atoms with van der Waals surface area (Å²) in [5.41, 5.74) is -3.20. The molecule has 7 nitrogen and oxygen atoms in total. The normalized spacial score (nSPS) is 24.8. The van der Waals surface area contributed by atoms with E-state index in [1.807, 2.05) is 0 Å². The number of methoxy groups -OCH3 is 1. The highest BCUT2D eigenvalue weighted by Crippen LogP contribution is 2.56.